The van der Waals surface area contributed by atoms with Crippen LogP contribution in [0.3, 0.4) is 0 Å². The van der Waals surface area contributed by atoms with Crippen molar-refractivity contribution < 1.29 is 4.70 Å². The topological polar surface area (TPSA) is 34.0 Å². The zero-order valence-corrected chi connectivity index (χ0v) is 8.95. The smallest absolute Gasteiger partial charge is 0.0865 e. The van der Waals surface area contributed by atoms with Crippen molar-refractivity contribution in [3.05, 3.63) is 48.0 Å². The summed E-state index contributed by atoms with van der Waals surface area (Å²) in [5, 5.41) is 6.69. The van der Waals surface area contributed by atoms with Crippen molar-refractivity contribution in [1.29, 1.82) is 0 Å². The molecule has 2 N–H and O–H groups in total. The van der Waals surface area contributed by atoms with Gasteiger partial charge in [-0.1, -0.05) is 24.3 Å². The fourth-order valence-corrected chi connectivity index (χ4v) is 1.74. The van der Waals surface area contributed by atoms with Gasteiger partial charge in [0.25, 0.3) is 0 Å². The van der Waals surface area contributed by atoms with Gasteiger partial charge in [0.2, 0.25) is 0 Å². The van der Waals surface area contributed by atoms with E-state index in [4.69, 9.17) is 0 Å². The molecule has 3 rings (SSSR count). The van der Waals surface area contributed by atoms with E-state index in [0.29, 0.717) is 0 Å². The summed E-state index contributed by atoms with van der Waals surface area (Å²) < 4.78 is 0. The summed E-state index contributed by atoms with van der Waals surface area (Å²) in [6.45, 7) is 2.12. The maximum Gasteiger partial charge on any atom is 0.0865 e. The molecule has 0 aliphatic carbocycles. The standard InChI is InChI=1S/C13H12N2.FH/c1-9-7-8-11-13(15-11)12(9)14-10-5-3-2-4-6-10;/h2-8,14-15H,1H3;1H. The molecule has 0 saturated carbocycles. The van der Waals surface area contributed by atoms with Crippen LogP contribution < -0.4 is 10.6 Å². The molecule has 0 saturated heterocycles. The van der Waals surface area contributed by atoms with E-state index < -0.39 is 0 Å². The summed E-state index contributed by atoms with van der Waals surface area (Å²) in [5.41, 5.74) is 6.06. The summed E-state index contributed by atoms with van der Waals surface area (Å²) in [5.74, 6) is 0. The third-order valence-corrected chi connectivity index (χ3v) is 2.65. The van der Waals surface area contributed by atoms with Crippen LogP contribution in [0.2, 0.25) is 0 Å². The molecule has 16 heavy (non-hydrogen) atoms. The molecular formula is C13H13FN2. The summed E-state index contributed by atoms with van der Waals surface area (Å²) >= 11 is 0. The van der Waals surface area contributed by atoms with Crippen LogP contribution in [0.1, 0.15) is 5.56 Å². The molecule has 1 aliphatic rings. The number of hydrogen-bond acceptors (Lipinski definition) is 2. The fraction of sp³-hybridized carbons (Fsp3) is 0.0769. The lowest BCUT2D eigenvalue weighted by Gasteiger charge is -2.07. The first-order valence-corrected chi connectivity index (χ1v) is 5.07. The van der Waals surface area contributed by atoms with Gasteiger partial charge in [0.15, 0.2) is 0 Å². The highest BCUT2D eigenvalue weighted by atomic mass is 19.0. The lowest BCUT2D eigenvalue weighted by Crippen LogP contribution is -1.90. The second-order valence-electron chi connectivity index (χ2n) is 3.80. The van der Waals surface area contributed by atoms with E-state index in [1.807, 2.05) is 18.2 Å². The zero-order valence-electron chi connectivity index (χ0n) is 8.95. The van der Waals surface area contributed by atoms with Crippen molar-refractivity contribution in [3.8, 4) is 0 Å². The predicted molar refractivity (Wildman–Crippen MR) is 66.7 cm³/mol. The number of anilines is 4. The number of nitrogens with one attached hydrogen (secondary N) is 2. The number of halogens is 1. The van der Waals surface area contributed by atoms with E-state index >= 15 is 0 Å². The highest BCUT2D eigenvalue weighted by molar-refractivity contribution is 6.01. The number of hydrogen-bond donors (Lipinski definition) is 2. The summed E-state index contributed by atoms with van der Waals surface area (Å²) in [7, 11) is 0. The van der Waals surface area contributed by atoms with Gasteiger partial charge in [0.05, 0.1) is 17.1 Å². The quantitative estimate of drug-likeness (QED) is 0.636. The number of fused-ring (bicyclic) bond motifs is 1. The Balaban J connectivity index is 0.000000963. The lowest BCUT2D eigenvalue weighted by molar-refractivity contribution is 1.11. The molecule has 0 atom stereocenters. The summed E-state index contributed by atoms with van der Waals surface area (Å²) in [6.07, 6.45) is 0. The molecule has 0 spiro atoms. The minimum atomic E-state index is 0. The molecule has 0 unspecified atom stereocenters. The van der Waals surface area contributed by atoms with Crippen molar-refractivity contribution in [3.63, 3.8) is 0 Å². The van der Waals surface area contributed by atoms with E-state index in [9.17, 15) is 0 Å². The maximum absolute atomic E-state index is 3.43. The lowest BCUT2D eigenvalue weighted by atomic mass is 10.2. The van der Waals surface area contributed by atoms with Gasteiger partial charge in [0.1, 0.15) is 0 Å². The van der Waals surface area contributed by atoms with E-state index in [1.165, 1.54) is 22.6 Å². The molecule has 3 heteroatoms. The second-order valence-corrected chi connectivity index (χ2v) is 3.80. The van der Waals surface area contributed by atoms with Gasteiger partial charge in [-0.2, -0.15) is 0 Å². The average molecular weight is 216 g/mol. The number of benzene rings is 2. The van der Waals surface area contributed by atoms with E-state index in [-0.39, 0.29) is 4.70 Å². The molecule has 0 bridgehead atoms. The van der Waals surface area contributed by atoms with E-state index in [1.54, 1.807) is 0 Å². The van der Waals surface area contributed by atoms with Gasteiger partial charge in [-0.3, -0.25) is 4.70 Å². The van der Waals surface area contributed by atoms with Gasteiger partial charge in [-0.25, -0.2) is 0 Å². The molecule has 1 aliphatic heterocycles. The minimum absolute atomic E-state index is 0. The minimum Gasteiger partial charge on any atom is -0.354 e. The second kappa shape index (κ2) is 3.85. The first-order chi connectivity index (χ1) is 7.34. The molecule has 2 aromatic rings. The predicted octanol–water partition coefficient (Wildman–Crippen LogP) is 3.95. The highest BCUT2D eigenvalue weighted by Gasteiger charge is 2.21. The Hall–Kier alpha value is -2.03. The van der Waals surface area contributed by atoms with Crippen molar-refractivity contribution in [1.82, 2.24) is 0 Å². The molecular weight excluding hydrogens is 203 g/mol. The molecule has 0 aromatic heterocycles. The summed E-state index contributed by atoms with van der Waals surface area (Å²) in [6, 6.07) is 14.5. The molecule has 0 amide bonds. The van der Waals surface area contributed by atoms with Gasteiger partial charge in [-0.05, 0) is 30.7 Å². The van der Waals surface area contributed by atoms with Crippen molar-refractivity contribution in [2.75, 3.05) is 10.6 Å². The van der Waals surface area contributed by atoms with Crippen LogP contribution in [-0.2, 0) is 0 Å². The number of rotatable bonds is 2. The number of aryl methyl sites for hydroxylation is 1. The normalized spacial score (nSPS) is 10.8. The van der Waals surface area contributed by atoms with Gasteiger partial charge in [0, 0.05) is 5.69 Å². The third-order valence-electron chi connectivity index (χ3n) is 2.65. The maximum atomic E-state index is 3.43. The van der Waals surface area contributed by atoms with E-state index in [0.717, 1.165) is 5.69 Å². The van der Waals surface area contributed by atoms with Crippen molar-refractivity contribution in [2.45, 2.75) is 6.92 Å². The van der Waals surface area contributed by atoms with Gasteiger partial charge >= 0.3 is 0 Å². The first-order valence-electron chi connectivity index (χ1n) is 5.07. The third kappa shape index (κ3) is 1.72. The Labute approximate surface area is 93.7 Å². The Kier molecular flexibility index (Phi) is 2.52. The van der Waals surface area contributed by atoms with Crippen LogP contribution in [0, 0.1) is 6.92 Å². The monoisotopic (exact) mass is 216 g/mol. The van der Waals surface area contributed by atoms with Crippen LogP contribution >= 0.6 is 0 Å². The molecule has 0 fully saturated rings. The average Bonchev–Trinajstić information content (AvgIpc) is 3.03. The van der Waals surface area contributed by atoms with Crippen LogP contribution in [0.4, 0.5) is 27.5 Å². The summed E-state index contributed by atoms with van der Waals surface area (Å²) in [4.78, 5) is 0. The fourth-order valence-electron chi connectivity index (χ4n) is 1.74. The van der Waals surface area contributed by atoms with Gasteiger partial charge < -0.3 is 10.6 Å². The highest BCUT2D eigenvalue weighted by Crippen LogP contribution is 2.47. The van der Waals surface area contributed by atoms with Gasteiger partial charge in [-0.15, -0.1) is 0 Å². The Morgan fingerprint density at radius 3 is 2.50 bits per heavy atom. The Morgan fingerprint density at radius 1 is 1.00 bits per heavy atom. The largest absolute Gasteiger partial charge is 0.354 e. The van der Waals surface area contributed by atoms with Crippen LogP contribution in [0.25, 0.3) is 0 Å². The molecule has 2 aromatic carbocycles. The SMILES string of the molecule is Cc1ccc2c(c1Nc1ccccc1)N2.F. The van der Waals surface area contributed by atoms with Crippen LogP contribution in [0.5, 0.6) is 0 Å². The van der Waals surface area contributed by atoms with Crippen LogP contribution in [-0.4, -0.2) is 0 Å². The molecule has 0 radical (unpaired) electrons. The Morgan fingerprint density at radius 2 is 1.75 bits per heavy atom. The molecule has 82 valence electrons. The van der Waals surface area contributed by atoms with Crippen molar-refractivity contribution in [2.24, 2.45) is 0 Å². The first kappa shape index (κ1) is 10.5. The number of para-hydroxylation sites is 1. The molecule has 1 heterocycles. The Bertz CT molecular complexity index is 505. The van der Waals surface area contributed by atoms with E-state index in [2.05, 4.69) is 41.8 Å². The molecule has 2 nitrogen and oxygen atoms in total. The van der Waals surface area contributed by atoms with Crippen LogP contribution in [0.15, 0.2) is 42.5 Å². The zero-order chi connectivity index (χ0) is 10.3. The van der Waals surface area contributed by atoms with Crippen molar-refractivity contribution >= 4 is 22.7 Å².